The SMILES string of the molecule is CCCn1c(-c2ccc(N)cc2)nc2cc3c(cc21)OCCO3. The van der Waals surface area contributed by atoms with Crippen LogP contribution in [0.15, 0.2) is 36.4 Å². The molecule has 1 aliphatic rings. The van der Waals surface area contributed by atoms with Crippen LogP contribution in [0.2, 0.25) is 0 Å². The molecule has 0 saturated carbocycles. The van der Waals surface area contributed by atoms with E-state index in [9.17, 15) is 0 Å². The lowest BCUT2D eigenvalue weighted by Crippen LogP contribution is -2.15. The molecule has 2 heterocycles. The van der Waals surface area contributed by atoms with Crippen LogP contribution < -0.4 is 15.2 Å². The summed E-state index contributed by atoms with van der Waals surface area (Å²) in [4.78, 5) is 4.83. The Hall–Kier alpha value is -2.69. The molecule has 5 nitrogen and oxygen atoms in total. The van der Waals surface area contributed by atoms with Gasteiger partial charge in [-0.05, 0) is 30.7 Å². The maximum Gasteiger partial charge on any atom is 0.163 e. The van der Waals surface area contributed by atoms with Crippen molar-refractivity contribution in [3.8, 4) is 22.9 Å². The largest absolute Gasteiger partial charge is 0.486 e. The van der Waals surface area contributed by atoms with Gasteiger partial charge in [0.25, 0.3) is 0 Å². The smallest absolute Gasteiger partial charge is 0.163 e. The summed E-state index contributed by atoms with van der Waals surface area (Å²) in [5.41, 5.74) is 9.61. The number of ether oxygens (including phenoxy) is 2. The molecule has 0 saturated heterocycles. The lowest BCUT2D eigenvalue weighted by molar-refractivity contribution is 0.172. The molecule has 0 unspecified atom stereocenters. The van der Waals surface area contributed by atoms with E-state index < -0.39 is 0 Å². The second-order valence-corrected chi connectivity index (χ2v) is 5.69. The average Bonchev–Trinajstić information content (AvgIpc) is 2.92. The van der Waals surface area contributed by atoms with E-state index in [0.717, 1.165) is 52.6 Å². The summed E-state index contributed by atoms with van der Waals surface area (Å²) in [5.74, 6) is 2.52. The zero-order valence-electron chi connectivity index (χ0n) is 13.1. The predicted octanol–water partition coefficient (Wildman–Crippen LogP) is 3.47. The summed E-state index contributed by atoms with van der Waals surface area (Å²) in [6, 6.07) is 11.8. The first-order valence-electron chi connectivity index (χ1n) is 7.92. The molecule has 0 amide bonds. The molecule has 0 aliphatic carbocycles. The number of nitrogens with zero attached hydrogens (tertiary/aromatic N) is 2. The van der Waals surface area contributed by atoms with Crippen molar-refractivity contribution in [2.24, 2.45) is 0 Å². The highest BCUT2D eigenvalue weighted by molar-refractivity contribution is 5.84. The number of aromatic nitrogens is 2. The molecule has 0 bridgehead atoms. The monoisotopic (exact) mass is 309 g/mol. The van der Waals surface area contributed by atoms with Crippen LogP contribution in [0.5, 0.6) is 11.5 Å². The highest BCUT2D eigenvalue weighted by Crippen LogP contribution is 2.36. The molecule has 118 valence electrons. The summed E-state index contributed by atoms with van der Waals surface area (Å²) < 4.78 is 13.6. The van der Waals surface area contributed by atoms with Gasteiger partial charge in [0.2, 0.25) is 0 Å². The Morgan fingerprint density at radius 1 is 1.09 bits per heavy atom. The predicted molar refractivity (Wildman–Crippen MR) is 90.9 cm³/mol. The highest BCUT2D eigenvalue weighted by Gasteiger charge is 2.18. The first kappa shape index (κ1) is 13.9. The fraction of sp³-hybridized carbons (Fsp3) is 0.278. The molecule has 3 aromatic rings. The van der Waals surface area contributed by atoms with Gasteiger partial charge in [-0.15, -0.1) is 0 Å². The summed E-state index contributed by atoms with van der Waals surface area (Å²) in [6.45, 7) is 4.23. The molecule has 4 rings (SSSR count). The lowest BCUT2D eigenvalue weighted by atomic mass is 10.2. The zero-order valence-corrected chi connectivity index (χ0v) is 13.1. The fourth-order valence-electron chi connectivity index (χ4n) is 2.96. The number of fused-ring (bicyclic) bond motifs is 2. The van der Waals surface area contributed by atoms with E-state index in [2.05, 4.69) is 11.5 Å². The Labute approximate surface area is 134 Å². The van der Waals surface area contributed by atoms with Crippen molar-refractivity contribution in [2.45, 2.75) is 19.9 Å². The van der Waals surface area contributed by atoms with Gasteiger partial charge in [0, 0.05) is 29.9 Å². The number of nitrogens with two attached hydrogens (primary N) is 1. The van der Waals surface area contributed by atoms with E-state index in [4.69, 9.17) is 20.2 Å². The van der Waals surface area contributed by atoms with Gasteiger partial charge in [0.15, 0.2) is 11.5 Å². The molecule has 0 atom stereocenters. The van der Waals surface area contributed by atoms with Crippen LogP contribution in [-0.4, -0.2) is 22.8 Å². The molecule has 2 N–H and O–H groups in total. The van der Waals surface area contributed by atoms with Gasteiger partial charge in [0.1, 0.15) is 19.0 Å². The summed E-state index contributed by atoms with van der Waals surface area (Å²) >= 11 is 0. The van der Waals surface area contributed by atoms with Crippen LogP contribution in [0.4, 0.5) is 5.69 Å². The minimum Gasteiger partial charge on any atom is -0.486 e. The summed E-state index contributed by atoms with van der Waals surface area (Å²) in [7, 11) is 0. The zero-order chi connectivity index (χ0) is 15.8. The third-order valence-corrected chi connectivity index (χ3v) is 4.03. The van der Waals surface area contributed by atoms with Crippen molar-refractivity contribution in [2.75, 3.05) is 18.9 Å². The van der Waals surface area contributed by atoms with Gasteiger partial charge in [0.05, 0.1) is 11.0 Å². The highest BCUT2D eigenvalue weighted by atomic mass is 16.6. The standard InChI is InChI=1S/C18H19N3O2/c1-2-7-21-15-11-17-16(22-8-9-23-17)10-14(15)20-18(21)12-3-5-13(19)6-4-12/h3-6,10-11H,2,7-9,19H2,1H3. The van der Waals surface area contributed by atoms with Crippen LogP contribution in [0.1, 0.15) is 13.3 Å². The number of aryl methyl sites for hydroxylation is 1. The molecule has 0 radical (unpaired) electrons. The number of rotatable bonds is 3. The number of benzene rings is 2. The summed E-state index contributed by atoms with van der Waals surface area (Å²) in [5, 5.41) is 0. The van der Waals surface area contributed by atoms with Crippen molar-refractivity contribution in [3.05, 3.63) is 36.4 Å². The van der Waals surface area contributed by atoms with E-state index in [1.165, 1.54) is 0 Å². The van der Waals surface area contributed by atoms with Crippen LogP contribution in [0.3, 0.4) is 0 Å². The van der Waals surface area contributed by atoms with Gasteiger partial charge in [-0.2, -0.15) is 0 Å². The van der Waals surface area contributed by atoms with E-state index in [1.54, 1.807) is 0 Å². The molecule has 1 aromatic heterocycles. The van der Waals surface area contributed by atoms with Gasteiger partial charge < -0.3 is 19.8 Å². The van der Waals surface area contributed by atoms with Crippen LogP contribution in [-0.2, 0) is 6.54 Å². The topological polar surface area (TPSA) is 62.3 Å². The van der Waals surface area contributed by atoms with Crippen molar-refractivity contribution < 1.29 is 9.47 Å². The second kappa shape index (κ2) is 5.50. The van der Waals surface area contributed by atoms with E-state index in [1.807, 2.05) is 36.4 Å². The first-order chi connectivity index (χ1) is 11.3. The summed E-state index contributed by atoms with van der Waals surface area (Å²) in [6.07, 6.45) is 1.03. The molecule has 0 spiro atoms. The van der Waals surface area contributed by atoms with Crippen LogP contribution >= 0.6 is 0 Å². The van der Waals surface area contributed by atoms with E-state index in [-0.39, 0.29) is 0 Å². The number of hydrogen-bond acceptors (Lipinski definition) is 4. The van der Waals surface area contributed by atoms with Gasteiger partial charge >= 0.3 is 0 Å². The molecule has 0 fully saturated rings. The van der Waals surface area contributed by atoms with Crippen molar-refractivity contribution >= 4 is 16.7 Å². The van der Waals surface area contributed by atoms with Gasteiger partial charge in [-0.25, -0.2) is 4.98 Å². The van der Waals surface area contributed by atoms with E-state index >= 15 is 0 Å². The molecule has 1 aliphatic heterocycles. The number of imidazole rings is 1. The Morgan fingerprint density at radius 3 is 2.48 bits per heavy atom. The molecule has 2 aromatic carbocycles. The fourth-order valence-corrected chi connectivity index (χ4v) is 2.96. The molecule has 23 heavy (non-hydrogen) atoms. The molecule has 5 heteroatoms. The Morgan fingerprint density at radius 2 is 1.78 bits per heavy atom. The van der Waals surface area contributed by atoms with Crippen LogP contribution in [0, 0.1) is 0 Å². The van der Waals surface area contributed by atoms with Crippen molar-refractivity contribution in [3.63, 3.8) is 0 Å². The maximum atomic E-state index is 5.80. The molecular formula is C18H19N3O2. The third-order valence-electron chi connectivity index (χ3n) is 4.03. The first-order valence-corrected chi connectivity index (χ1v) is 7.92. The van der Waals surface area contributed by atoms with Gasteiger partial charge in [-0.1, -0.05) is 6.92 Å². The maximum absolute atomic E-state index is 5.80. The Kier molecular flexibility index (Phi) is 3.33. The quantitative estimate of drug-likeness (QED) is 0.753. The van der Waals surface area contributed by atoms with Gasteiger partial charge in [-0.3, -0.25) is 0 Å². The van der Waals surface area contributed by atoms with Crippen molar-refractivity contribution in [1.29, 1.82) is 0 Å². The number of anilines is 1. The lowest BCUT2D eigenvalue weighted by Gasteiger charge is -2.18. The third kappa shape index (κ3) is 2.38. The minimum atomic E-state index is 0.582. The van der Waals surface area contributed by atoms with Crippen LogP contribution in [0.25, 0.3) is 22.4 Å². The second-order valence-electron chi connectivity index (χ2n) is 5.69. The minimum absolute atomic E-state index is 0.582. The number of hydrogen-bond donors (Lipinski definition) is 1. The normalized spacial score (nSPS) is 13.4. The Balaban J connectivity index is 1.92. The van der Waals surface area contributed by atoms with Crippen molar-refractivity contribution in [1.82, 2.24) is 9.55 Å². The Bertz CT molecular complexity index is 853. The van der Waals surface area contributed by atoms with E-state index in [0.29, 0.717) is 13.2 Å². The average molecular weight is 309 g/mol. The number of nitrogen functional groups attached to an aromatic ring is 1. The molecular weight excluding hydrogens is 290 g/mol.